The van der Waals surface area contributed by atoms with Crippen LogP contribution in [-0.4, -0.2) is 34.6 Å². The Morgan fingerprint density at radius 1 is 1.58 bits per heavy atom. The van der Waals surface area contributed by atoms with Gasteiger partial charge in [-0.1, -0.05) is 17.7 Å². The van der Waals surface area contributed by atoms with E-state index < -0.39 is 11.4 Å². The average Bonchev–Trinajstić information content (AvgIpc) is 2.71. The first kappa shape index (κ1) is 14.0. The van der Waals surface area contributed by atoms with Crippen LogP contribution in [-0.2, 0) is 4.79 Å². The Kier molecular flexibility index (Phi) is 3.92. The summed E-state index contributed by atoms with van der Waals surface area (Å²) in [4.78, 5) is 13.5. The van der Waals surface area contributed by atoms with Gasteiger partial charge in [-0.2, -0.15) is 0 Å². The number of hydrogen-bond acceptors (Lipinski definition) is 2. The zero-order valence-corrected chi connectivity index (χ0v) is 11.3. The number of halogens is 2. The molecule has 3 nitrogen and oxygen atoms in total. The van der Waals surface area contributed by atoms with E-state index in [1.807, 2.05) is 0 Å². The third-order valence-electron chi connectivity index (χ3n) is 3.13. The lowest BCUT2D eigenvalue weighted by atomic mass is 10.1. The van der Waals surface area contributed by atoms with Crippen molar-refractivity contribution in [2.75, 3.05) is 13.1 Å². The maximum absolute atomic E-state index is 13.0. The van der Waals surface area contributed by atoms with E-state index in [0.29, 0.717) is 25.1 Å². The summed E-state index contributed by atoms with van der Waals surface area (Å²) < 4.78 is 13.0. The van der Waals surface area contributed by atoms with E-state index in [4.69, 9.17) is 11.6 Å². The topological polar surface area (TPSA) is 40.5 Å². The summed E-state index contributed by atoms with van der Waals surface area (Å²) in [6.07, 6.45) is 3.57. The number of amides is 1. The Morgan fingerprint density at radius 2 is 2.32 bits per heavy atom. The molecule has 1 heterocycles. The van der Waals surface area contributed by atoms with E-state index >= 15 is 0 Å². The Balaban J connectivity index is 2.02. The standard InChI is InChI=1S/C14H15ClFNO2/c1-14(19)6-7-17(9-14)13(18)5-3-10-2-4-12(16)11(15)8-10/h2-5,8,19H,6-7,9H2,1H3/b5-3+. The first-order valence-corrected chi connectivity index (χ1v) is 6.40. The smallest absolute Gasteiger partial charge is 0.246 e. The number of hydrogen-bond donors (Lipinski definition) is 1. The summed E-state index contributed by atoms with van der Waals surface area (Å²) >= 11 is 5.66. The summed E-state index contributed by atoms with van der Waals surface area (Å²) in [6, 6.07) is 4.26. The summed E-state index contributed by atoms with van der Waals surface area (Å²) in [5.41, 5.74) is -0.145. The summed E-state index contributed by atoms with van der Waals surface area (Å²) in [6.45, 7) is 2.59. The van der Waals surface area contributed by atoms with Gasteiger partial charge in [-0.3, -0.25) is 4.79 Å². The van der Waals surface area contributed by atoms with Crippen LogP contribution >= 0.6 is 11.6 Å². The van der Waals surface area contributed by atoms with E-state index in [1.54, 1.807) is 24.0 Å². The van der Waals surface area contributed by atoms with Gasteiger partial charge in [0.1, 0.15) is 5.82 Å². The molecule has 0 aromatic heterocycles. The Hall–Kier alpha value is -1.39. The molecule has 1 saturated heterocycles. The molecule has 0 saturated carbocycles. The highest BCUT2D eigenvalue weighted by molar-refractivity contribution is 6.30. The van der Waals surface area contributed by atoms with Crippen LogP contribution in [0.4, 0.5) is 4.39 Å². The normalized spacial score (nSPS) is 23.3. The van der Waals surface area contributed by atoms with E-state index in [-0.39, 0.29) is 10.9 Å². The van der Waals surface area contributed by atoms with Gasteiger partial charge in [0.2, 0.25) is 5.91 Å². The van der Waals surface area contributed by atoms with Crippen LogP contribution < -0.4 is 0 Å². The van der Waals surface area contributed by atoms with Gasteiger partial charge in [0, 0.05) is 19.2 Å². The molecule has 1 amide bonds. The van der Waals surface area contributed by atoms with Crippen LogP contribution in [0.25, 0.3) is 6.08 Å². The van der Waals surface area contributed by atoms with Gasteiger partial charge in [-0.05, 0) is 37.1 Å². The number of nitrogens with zero attached hydrogens (tertiary/aromatic N) is 1. The minimum atomic E-state index is -0.803. The SMILES string of the molecule is CC1(O)CCN(C(=O)/C=C/c2ccc(F)c(Cl)c2)C1. The molecule has 102 valence electrons. The first-order chi connectivity index (χ1) is 8.87. The fourth-order valence-electron chi connectivity index (χ4n) is 2.02. The molecule has 1 aromatic rings. The van der Waals surface area contributed by atoms with Crippen molar-refractivity contribution in [1.29, 1.82) is 0 Å². The summed E-state index contributed by atoms with van der Waals surface area (Å²) in [5, 5.41) is 9.82. The van der Waals surface area contributed by atoms with Crippen molar-refractivity contribution >= 4 is 23.6 Å². The van der Waals surface area contributed by atoms with E-state index in [1.165, 1.54) is 18.2 Å². The molecule has 1 fully saturated rings. The maximum atomic E-state index is 13.0. The number of benzene rings is 1. The number of carbonyl (C=O) groups is 1. The average molecular weight is 284 g/mol. The molecule has 0 spiro atoms. The number of β-amino-alcohol motifs (C(OH)–C–C–N with tert-alkyl or cyclic N) is 1. The summed E-state index contributed by atoms with van der Waals surface area (Å²) in [5.74, 6) is -0.654. The van der Waals surface area contributed by atoms with Crippen LogP contribution in [0.3, 0.4) is 0 Å². The molecule has 1 N–H and O–H groups in total. The van der Waals surface area contributed by atoms with Gasteiger partial charge in [0.05, 0.1) is 10.6 Å². The second-order valence-corrected chi connectivity index (χ2v) is 5.42. The second kappa shape index (κ2) is 5.31. The number of aliphatic hydroxyl groups is 1. The predicted molar refractivity (Wildman–Crippen MR) is 72.3 cm³/mol. The van der Waals surface area contributed by atoms with Crippen LogP contribution in [0.15, 0.2) is 24.3 Å². The molecule has 0 aliphatic carbocycles. The predicted octanol–water partition coefficient (Wildman–Crippen LogP) is 2.48. The van der Waals surface area contributed by atoms with Crippen molar-refractivity contribution in [3.8, 4) is 0 Å². The molecule has 19 heavy (non-hydrogen) atoms. The lowest BCUT2D eigenvalue weighted by Gasteiger charge is -2.17. The lowest BCUT2D eigenvalue weighted by molar-refractivity contribution is -0.125. The molecule has 0 radical (unpaired) electrons. The van der Waals surface area contributed by atoms with Crippen LogP contribution in [0, 0.1) is 5.82 Å². The van der Waals surface area contributed by atoms with Gasteiger partial charge in [0.25, 0.3) is 0 Å². The monoisotopic (exact) mass is 283 g/mol. The zero-order valence-electron chi connectivity index (χ0n) is 10.6. The fourth-order valence-corrected chi connectivity index (χ4v) is 2.21. The molecular weight excluding hydrogens is 269 g/mol. The highest BCUT2D eigenvalue weighted by Gasteiger charge is 2.32. The highest BCUT2D eigenvalue weighted by atomic mass is 35.5. The van der Waals surface area contributed by atoms with E-state index in [2.05, 4.69) is 0 Å². The van der Waals surface area contributed by atoms with Crippen molar-refractivity contribution in [2.45, 2.75) is 18.9 Å². The third kappa shape index (κ3) is 3.55. The van der Waals surface area contributed by atoms with Gasteiger partial charge in [-0.25, -0.2) is 4.39 Å². The minimum Gasteiger partial charge on any atom is -0.388 e. The molecule has 1 aliphatic rings. The zero-order chi connectivity index (χ0) is 14.0. The molecule has 2 rings (SSSR count). The summed E-state index contributed by atoms with van der Waals surface area (Å²) in [7, 11) is 0. The lowest BCUT2D eigenvalue weighted by Crippen LogP contribution is -2.32. The van der Waals surface area contributed by atoms with Crippen molar-refractivity contribution < 1.29 is 14.3 Å². The van der Waals surface area contributed by atoms with Crippen LogP contribution in [0.1, 0.15) is 18.9 Å². The molecule has 0 bridgehead atoms. The van der Waals surface area contributed by atoms with Gasteiger partial charge >= 0.3 is 0 Å². The number of likely N-dealkylation sites (tertiary alicyclic amines) is 1. The number of carbonyl (C=O) groups excluding carboxylic acids is 1. The molecule has 1 aromatic carbocycles. The van der Waals surface area contributed by atoms with E-state index in [9.17, 15) is 14.3 Å². The minimum absolute atomic E-state index is 0.0266. The second-order valence-electron chi connectivity index (χ2n) is 5.01. The van der Waals surface area contributed by atoms with Gasteiger partial charge < -0.3 is 10.0 Å². The van der Waals surface area contributed by atoms with Gasteiger partial charge in [-0.15, -0.1) is 0 Å². The Labute approximate surface area is 116 Å². The molecule has 1 atom stereocenters. The van der Waals surface area contributed by atoms with Crippen LogP contribution in [0.2, 0.25) is 5.02 Å². The van der Waals surface area contributed by atoms with Crippen molar-refractivity contribution in [3.63, 3.8) is 0 Å². The van der Waals surface area contributed by atoms with Crippen molar-refractivity contribution in [1.82, 2.24) is 4.90 Å². The molecule has 1 aliphatic heterocycles. The van der Waals surface area contributed by atoms with Crippen LogP contribution in [0.5, 0.6) is 0 Å². The quantitative estimate of drug-likeness (QED) is 0.847. The first-order valence-electron chi connectivity index (χ1n) is 6.02. The van der Waals surface area contributed by atoms with E-state index in [0.717, 1.165) is 0 Å². The fraction of sp³-hybridized carbons (Fsp3) is 0.357. The highest BCUT2D eigenvalue weighted by Crippen LogP contribution is 2.21. The largest absolute Gasteiger partial charge is 0.388 e. The maximum Gasteiger partial charge on any atom is 0.246 e. The molecular formula is C14H15ClFNO2. The Morgan fingerprint density at radius 3 is 2.89 bits per heavy atom. The van der Waals surface area contributed by atoms with Crippen molar-refractivity contribution in [3.05, 3.63) is 40.7 Å². The molecule has 1 unspecified atom stereocenters. The van der Waals surface area contributed by atoms with Crippen molar-refractivity contribution in [2.24, 2.45) is 0 Å². The molecule has 5 heteroatoms. The number of rotatable bonds is 2. The Bertz CT molecular complexity index is 528. The van der Waals surface area contributed by atoms with Gasteiger partial charge in [0.15, 0.2) is 0 Å². The third-order valence-corrected chi connectivity index (χ3v) is 3.42.